The zero-order valence-corrected chi connectivity index (χ0v) is 19.9. The summed E-state index contributed by atoms with van der Waals surface area (Å²) in [5, 5.41) is 9.25. The van der Waals surface area contributed by atoms with Crippen LogP contribution in [0.2, 0.25) is 0 Å². The Morgan fingerprint density at radius 2 is 1.70 bits per heavy atom. The third kappa shape index (κ3) is 5.39. The smallest absolute Gasteiger partial charge is 0.272 e. The summed E-state index contributed by atoms with van der Waals surface area (Å²) < 4.78 is 6.09. The molecule has 2 aliphatic rings. The van der Waals surface area contributed by atoms with E-state index in [4.69, 9.17) is 4.74 Å². The third-order valence-electron chi connectivity index (χ3n) is 7.13. The summed E-state index contributed by atoms with van der Waals surface area (Å²) >= 11 is 0. The zero-order valence-electron chi connectivity index (χ0n) is 19.9. The number of carbonyl (C=O) groups excluding carboxylic acids is 1. The maximum Gasteiger partial charge on any atom is 0.272 e. The molecule has 4 rings (SSSR count). The highest BCUT2D eigenvalue weighted by Crippen LogP contribution is 2.39. The molecule has 2 aromatic rings. The van der Waals surface area contributed by atoms with Crippen LogP contribution in [0.4, 0.5) is 5.69 Å². The lowest BCUT2D eigenvalue weighted by molar-refractivity contribution is -0.126. The maximum absolute atomic E-state index is 13.4. The number of ether oxygens (including phenoxy) is 1. The summed E-state index contributed by atoms with van der Waals surface area (Å²) in [7, 11) is 0. The lowest BCUT2D eigenvalue weighted by Gasteiger charge is -2.39. The van der Waals surface area contributed by atoms with E-state index < -0.39 is 6.10 Å². The highest BCUT2D eigenvalue weighted by molar-refractivity contribution is 6.00. The first-order valence-electron chi connectivity index (χ1n) is 12.4. The van der Waals surface area contributed by atoms with Crippen LogP contribution >= 0.6 is 0 Å². The molecule has 1 fully saturated rings. The summed E-state index contributed by atoms with van der Waals surface area (Å²) in [5.74, 6) is 0.664. The molecule has 1 saturated heterocycles. The van der Waals surface area contributed by atoms with Crippen LogP contribution in [-0.2, 0) is 4.79 Å². The molecule has 0 saturated carbocycles. The van der Waals surface area contributed by atoms with Crippen LogP contribution in [0.5, 0.6) is 5.75 Å². The van der Waals surface area contributed by atoms with E-state index in [2.05, 4.69) is 24.8 Å². The first-order chi connectivity index (χ1) is 16.1. The second kappa shape index (κ2) is 10.9. The van der Waals surface area contributed by atoms with Gasteiger partial charge in [-0.2, -0.15) is 5.26 Å². The van der Waals surface area contributed by atoms with Crippen molar-refractivity contribution in [3.05, 3.63) is 59.7 Å². The number of likely N-dealkylation sites (tertiary alicyclic amines) is 1. The molecule has 0 bridgehead atoms. The Morgan fingerprint density at radius 3 is 2.45 bits per heavy atom. The van der Waals surface area contributed by atoms with Gasteiger partial charge in [0.25, 0.3) is 5.91 Å². The van der Waals surface area contributed by atoms with E-state index in [1.54, 1.807) is 18.2 Å². The standard InChI is InChI=1S/C28H35N3O2/c1-21-11-9-12-22(2)30(21)17-7-3-4-8-18-31-25-15-5-6-16-26(25)33-27(28(31)32)24-14-10-13-23(19-24)20-29/h5-6,10,13-16,19,21-22,27H,3-4,7-9,11-12,17-18H2,1-2H3/t21-,22+,27?. The molecule has 2 heterocycles. The number of nitriles is 1. The number of unbranched alkanes of at least 4 members (excludes halogenated alkanes) is 3. The van der Waals surface area contributed by atoms with Crippen LogP contribution in [0.25, 0.3) is 0 Å². The summed E-state index contributed by atoms with van der Waals surface area (Å²) in [6.07, 6.45) is 7.76. The Morgan fingerprint density at radius 1 is 0.970 bits per heavy atom. The molecule has 1 unspecified atom stereocenters. The highest BCUT2D eigenvalue weighted by Gasteiger charge is 2.35. The summed E-state index contributed by atoms with van der Waals surface area (Å²) in [6, 6.07) is 18.4. The van der Waals surface area contributed by atoms with E-state index in [0.717, 1.165) is 29.8 Å². The SMILES string of the molecule is C[C@@H]1CCC[C@H](C)N1CCCCCCN1C(=O)C(c2cccc(C#N)c2)Oc2ccccc21. The van der Waals surface area contributed by atoms with Crippen LogP contribution in [0, 0.1) is 11.3 Å². The number of carbonyl (C=O) groups is 1. The Labute approximate surface area is 198 Å². The minimum atomic E-state index is -0.713. The number of benzene rings is 2. The van der Waals surface area contributed by atoms with Gasteiger partial charge in [0.2, 0.25) is 6.10 Å². The number of hydrogen-bond acceptors (Lipinski definition) is 4. The molecule has 3 atom stereocenters. The quantitative estimate of drug-likeness (QED) is 0.478. The van der Waals surface area contributed by atoms with E-state index in [0.29, 0.717) is 24.2 Å². The van der Waals surface area contributed by atoms with Crippen molar-refractivity contribution >= 4 is 11.6 Å². The van der Waals surface area contributed by atoms with Crippen LogP contribution in [0.1, 0.15) is 76.0 Å². The first-order valence-corrected chi connectivity index (χ1v) is 12.4. The minimum Gasteiger partial charge on any atom is -0.474 e. The Kier molecular flexibility index (Phi) is 7.67. The lowest BCUT2D eigenvalue weighted by atomic mass is 9.97. The molecule has 0 spiro atoms. The number of piperidine rings is 1. The molecular formula is C28H35N3O2. The van der Waals surface area contributed by atoms with Crippen molar-refractivity contribution in [2.75, 3.05) is 18.0 Å². The molecule has 5 nitrogen and oxygen atoms in total. The molecule has 2 aliphatic heterocycles. The molecule has 1 amide bonds. The minimum absolute atomic E-state index is 0.0558. The first kappa shape index (κ1) is 23.3. The van der Waals surface area contributed by atoms with Crippen LogP contribution in [0.3, 0.4) is 0 Å². The lowest BCUT2D eigenvalue weighted by Crippen LogP contribution is -2.44. The van der Waals surface area contributed by atoms with Gasteiger partial charge in [-0.3, -0.25) is 9.69 Å². The van der Waals surface area contributed by atoms with Crippen molar-refractivity contribution in [1.82, 2.24) is 4.90 Å². The molecule has 0 aliphatic carbocycles. The predicted octanol–water partition coefficient (Wildman–Crippen LogP) is 5.85. The van der Waals surface area contributed by atoms with Gasteiger partial charge >= 0.3 is 0 Å². The predicted molar refractivity (Wildman–Crippen MR) is 131 cm³/mol. The maximum atomic E-state index is 13.4. The van der Waals surface area contributed by atoms with E-state index in [1.165, 1.54) is 38.6 Å². The normalized spacial score (nSPS) is 23.0. The van der Waals surface area contributed by atoms with Gasteiger partial charge < -0.3 is 9.64 Å². The zero-order chi connectivity index (χ0) is 23.2. The van der Waals surface area contributed by atoms with Gasteiger partial charge in [-0.15, -0.1) is 0 Å². The Hall–Kier alpha value is -2.84. The van der Waals surface area contributed by atoms with Crippen molar-refractivity contribution in [3.8, 4) is 11.8 Å². The van der Waals surface area contributed by atoms with Gasteiger partial charge in [0.05, 0.1) is 17.3 Å². The van der Waals surface area contributed by atoms with Gasteiger partial charge in [0.15, 0.2) is 0 Å². The van der Waals surface area contributed by atoms with Crippen molar-refractivity contribution in [2.45, 2.75) is 77.0 Å². The van der Waals surface area contributed by atoms with Gasteiger partial charge in [-0.25, -0.2) is 0 Å². The number of rotatable bonds is 8. The van der Waals surface area contributed by atoms with Crippen molar-refractivity contribution < 1.29 is 9.53 Å². The van der Waals surface area contributed by atoms with Gasteiger partial charge in [-0.1, -0.05) is 43.5 Å². The molecule has 174 valence electrons. The van der Waals surface area contributed by atoms with Gasteiger partial charge in [0, 0.05) is 24.2 Å². The topological polar surface area (TPSA) is 56.6 Å². The van der Waals surface area contributed by atoms with Crippen LogP contribution in [-0.4, -0.2) is 36.0 Å². The van der Waals surface area contributed by atoms with E-state index in [1.807, 2.05) is 35.2 Å². The van der Waals surface area contributed by atoms with Gasteiger partial charge in [0.1, 0.15) is 5.75 Å². The number of hydrogen-bond donors (Lipinski definition) is 0. The molecule has 0 radical (unpaired) electrons. The third-order valence-corrected chi connectivity index (χ3v) is 7.13. The van der Waals surface area contributed by atoms with Crippen molar-refractivity contribution in [3.63, 3.8) is 0 Å². The second-order valence-electron chi connectivity index (χ2n) is 9.47. The van der Waals surface area contributed by atoms with E-state index in [9.17, 15) is 10.1 Å². The molecule has 0 aromatic heterocycles. The molecule has 0 N–H and O–H groups in total. The molecule has 33 heavy (non-hydrogen) atoms. The average Bonchev–Trinajstić information content (AvgIpc) is 2.83. The van der Waals surface area contributed by atoms with Crippen LogP contribution < -0.4 is 9.64 Å². The Balaban J connectivity index is 1.35. The fraction of sp³-hybridized carbons (Fsp3) is 0.500. The van der Waals surface area contributed by atoms with Crippen molar-refractivity contribution in [2.24, 2.45) is 0 Å². The Bertz CT molecular complexity index is 989. The molecule has 5 heteroatoms. The van der Waals surface area contributed by atoms with Gasteiger partial charge in [-0.05, 0) is 70.3 Å². The fourth-order valence-electron chi connectivity index (χ4n) is 5.26. The summed E-state index contributed by atoms with van der Waals surface area (Å²) in [4.78, 5) is 17.9. The average molecular weight is 446 g/mol. The molecule has 2 aromatic carbocycles. The number of nitrogens with zero attached hydrogens (tertiary/aromatic N) is 3. The second-order valence-corrected chi connectivity index (χ2v) is 9.47. The monoisotopic (exact) mass is 445 g/mol. The summed E-state index contributed by atoms with van der Waals surface area (Å²) in [6.45, 7) is 6.59. The number of amides is 1. The number of fused-ring (bicyclic) bond motifs is 1. The largest absolute Gasteiger partial charge is 0.474 e. The molecular weight excluding hydrogens is 410 g/mol. The number of anilines is 1. The fourth-order valence-corrected chi connectivity index (χ4v) is 5.26. The van der Waals surface area contributed by atoms with Crippen LogP contribution in [0.15, 0.2) is 48.5 Å². The van der Waals surface area contributed by atoms with Crippen molar-refractivity contribution in [1.29, 1.82) is 5.26 Å². The summed E-state index contributed by atoms with van der Waals surface area (Å²) in [5.41, 5.74) is 2.10. The van der Waals surface area contributed by atoms with E-state index >= 15 is 0 Å². The van der Waals surface area contributed by atoms with E-state index in [-0.39, 0.29) is 5.91 Å². The number of para-hydroxylation sites is 2. The highest BCUT2D eigenvalue weighted by atomic mass is 16.5.